The third-order valence-corrected chi connectivity index (χ3v) is 3.53. The van der Waals surface area contributed by atoms with Gasteiger partial charge >= 0.3 is 0 Å². The molecule has 1 saturated carbocycles. The summed E-state index contributed by atoms with van der Waals surface area (Å²) in [5, 5.41) is 0. The average molecular weight is 197 g/mol. The van der Waals surface area contributed by atoms with E-state index in [1.165, 1.54) is 32.2 Å². The van der Waals surface area contributed by atoms with Crippen molar-refractivity contribution in [2.45, 2.75) is 46.5 Å². The monoisotopic (exact) mass is 197 g/mol. The summed E-state index contributed by atoms with van der Waals surface area (Å²) in [5.41, 5.74) is 0.670. The Labute approximate surface area is 89.9 Å². The maximum atomic E-state index is 2.47. The molecule has 1 heteroatoms. The van der Waals surface area contributed by atoms with Gasteiger partial charge in [0.2, 0.25) is 0 Å². The summed E-state index contributed by atoms with van der Waals surface area (Å²) in [6.07, 6.45) is 5.77. The molecule has 0 aromatic carbocycles. The zero-order chi connectivity index (χ0) is 10.8. The van der Waals surface area contributed by atoms with Crippen molar-refractivity contribution in [2.75, 3.05) is 20.6 Å². The van der Waals surface area contributed by atoms with E-state index >= 15 is 0 Å². The van der Waals surface area contributed by atoms with Crippen LogP contribution in [0.4, 0.5) is 0 Å². The van der Waals surface area contributed by atoms with Crippen LogP contribution in [0.5, 0.6) is 0 Å². The summed E-state index contributed by atoms with van der Waals surface area (Å²) in [7, 11) is 4.35. The fourth-order valence-electron chi connectivity index (χ4n) is 2.87. The van der Waals surface area contributed by atoms with Gasteiger partial charge in [0.25, 0.3) is 0 Å². The Bertz CT molecular complexity index is 166. The Hall–Kier alpha value is -0.0400. The summed E-state index contributed by atoms with van der Waals surface area (Å²) in [6, 6.07) is 0. The fourth-order valence-corrected chi connectivity index (χ4v) is 2.87. The quantitative estimate of drug-likeness (QED) is 0.653. The molecule has 0 aliphatic heterocycles. The molecule has 1 nitrogen and oxygen atoms in total. The van der Waals surface area contributed by atoms with Gasteiger partial charge in [-0.1, -0.05) is 20.8 Å². The van der Waals surface area contributed by atoms with Crippen molar-refractivity contribution in [1.29, 1.82) is 0 Å². The van der Waals surface area contributed by atoms with Crippen LogP contribution in [-0.2, 0) is 0 Å². The second kappa shape index (κ2) is 4.65. The molecule has 0 heterocycles. The number of nitrogens with zero attached hydrogens (tertiary/aromatic N) is 1. The molecule has 0 saturated heterocycles. The van der Waals surface area contributed by atoms with E-state index < -0.39 is 0 Å². The first-order valence-electron chi connectivity index (χ1n) is 6.06. The second-order valence-electron chi connectivity index (χ2n) is 6.27. The zero-order valence-electron chi connectivity index (χ0n) is 10.6. The molecule has 1 rings (SSSR count). The van der Waals surface area contributed by atoms with Gasteiger partial charge in [-0.15, -0.1) is 0 Å². The van der Waals surface area contributed by atoms with Crippen LogP contribution in [0.1, 0.15) is 46.5 Å². The standard InChI is InChI=1S/C13H27N/c1-11(2)8-12-9-13(3,10-12)6-7-14(4)5/h11-12H,6-10H2,1-5H3. The highest BCUT2D eigenvalue weighted by atomic mass is 15.0. The van der Waals surface area contributed by atoms with Gasteiger partial charge in [-0.05, 0) is 63.6 Å². The maximum Gasteiger partial charge on any atom is -0.00196 e. The Morgan fingerprint density at radius 1 is 1.29 bits per heavy atom. The third kappa shape index (κ3) is 3.61. The van der Waals surface area contributed by atoms with Crippen molar-refractivity contribution >= 4 is 0 Å². The Kier molecular flexibility index (Phi) is 4.00. The van der Waals surface area contributed by atoms with E-state index in [9.17, 15) is 0 Å². The summed E-state index contributed by atoms with van der Waals surface area (Å²) in [6.45, 7) is 8.41. The molecule has 0 radical (unpaired) electrons. The van der Waals surface area contributed by atoms with E-state index in [1.54, 1.807) is 0 Å². The Balaban J connectivity index is 2.17. The lowest BCUT2D eigenvalue weighted by Gasteiger charge is -2.47. The number of hydrogen-bond donors (Lipinski definition) is 0. The molecule has 1 fully saturated rings. The molecule has 14 heavy (non-hydrogen) atoms. The smallest absolute Gasteiger partial charge is 0.00196 e. The van der Waals surface area contributed by atoms with Crippen LogP contribution in [0.3, 0.4) is 0 Å². The molecule has 1 aliphatic rings. The van der Waals surface area contributed by atoms with Gasteiger partial charge in [0, 0.05) is 0 Å². The van der Waals surface area contributed by atoms with E-state index in [2.05, 4.69) is 39.8 Å². The minimum atomic E-state index is 0.670. The summed E-state index contributed by atoms with van der Waals surface area (Å²) >= 11 is 0. The first-order chi connectivity index (χ1) is 6.41. The lowest BCUT2D eigenvalue weighted by atomic mass is 9.60. The van der Waals surface area contributed by atoms with E-state index in [4.69, 9.17) is 0 Å². The van der Waals surface area contributed by atoms with E-state index in [-0.39, 0.29) is 0 Å². The highest BCUT2D eigenvalue weighted by molar-refractivity contribution is 4.90. The van der Waals surface area contributed by atoms with Gasteiger partial charge in [0.05, 0.1) is 0 Å². The molecule has 84 valence electrons. The molecule has 0 N–H and O–H groups in total. The fraction of sp³-hybridized carbons (Fsp3) is 1.00. The highest BCUT2D eigenvalue weighted by Gasteiger charge is 2.39. The molecule has 0 atom stereocenters. The van der Waals surface area contributed by atoms with E-state index in [0.717, 1.165) is 11.8 Å². The Morgan fingerprint density at radius 3 is 2.29 bits per heavy atom. The molecule has 1 aliphatic carbocycles. The largest absolute Gasteiger partial charge is 0.309 e. The molecule has 0 spiro atoms. The van der Waals surface area contributed by atoms with Crippen LogP contribution >= 0.6 is 0 Å². The molecule has 0 bridgehead atoms. The SMILES string of the molecule is CC(C)CC1CC(C)(CCN(C)C)C1. The van der Waals surface area contributed by atoms with Crippen LogP contribution < -0.4 is 0 Å². The van der Waals surface area contributed by atoms with Crippen molar-refractivity contribution in [1.82, 2.24) is 4.90 Å². The third-order valence-electron chi connectivity index (χ3n) is 3.53. The van der Waals surface area contributed by atoms with Crippen LogP contribution in [0.15, 0.2) is 0 Å². The van der Waals surface area contributed by atoms with Gasteiger partial charge in [-0.3, -0.25) is 0 Å². The van der Waals surface area contributed by atoms with Crippen LogP contribution in [0.25, 0.3) is 0 Å². The van der Waals surface area contributed by atoms with Gasteiger partial charge in [-0.25, -0.2) is 0 Å². The first-order valence-corrected chi connectivity index (χ1v) is 6.06. The zero-order valence-corrected chi connectivity index (χ0v) is 10.6. The van der Waals surface area contributed by atoms with Crippen LogP contribution in [0, 0.1) is 17.3 Å². The topological polar surface area (TPSA) is 3.24 Å². The molecular formula is C13H27N. The van der Waals surface area contributed by atoms with Gasteiger partial charge in [0.15, 0.2) is 0 Å². The van der Waals surface area contributed by atoms with Gasteiger partial charge < -0.3 is 4.90 Å². The minimum Gasteiger partial charge on any atom is -0.309 e. The second-order valence-corrected chi connectivity index (χ2v) is 6.27. The molecule has 0 aromatic rings. The summed E-state index contributed by atoms with van der Waals surface area (Å²) < 4.78 is 0. The maximum absolute atomic E-state index is 2.47. The normalized spacial score (nSPS) is 32.4. The van der Waals surface area contributed by atoms with Crippen molar-refractivity contribution in [3.05, 3.63) is 0 Å². The lowest BCUT2D eigenvalue weighted by Crippen LogP contribution is -2.37. The predicted molar refractivity (Wildman–Crippen MR) is 63.5 cm³/mol. The van der Waals surface area contributed by atoms with Crippen molar-refractivity contribution < 1.29 is 0 Å². The lowest BCUT2D eigenvalue weighted by molar-refractivity contribution is 0.0446. The molecule has 0 unspecified atom stereocenters. The summed E-state index contributed by atoms with van der Waals surface area (Å²) in [5.74, 6) is 1.92. The van der Waals surface area contributed by atoms with E-state index in [1.807, 2.05) is 0 Å². The molecule has 0 aromatic heterocycles. The van der Waals surface area contributed by atoms with Crippen LogP contribution in [-0.4, -0.2) is 25.5 Å². The number of hydrogen-bond acceptors (Lipinski definition) is 1. The van der Waals surface area contributed by atoms with Crippen LogP contribution in [0.2, 0.25) is 0 Å². The van der Waals surface area contributed by atoms with Crippen molar-refractivity contribution in [3.63, 3.8) is 0 Å². The highest BCUT2D eigenvalue weighted by Crippen LogP contribution is 2.50. The predicted octanol–water partition coefficient (Wildman–Crippen LogP) is 3.40. The minimum absolute atomic E-state index is 0.670. The first kappa shape index (κ1) is 12.0. The van der Waals surface area contributed by atoms with Gasteiger partial charge in [0.1, 0.15) is 0 Å². The number of rotatable bonds is 5. The molecular weight excluding hydrogens is 170 g/mol. The molecule has 0 amide bonds. The summed E-state index contributed by atoms with van der Waals surface area (Å²) in [4.78, 5) is 2.31. The van der Waals surface area contributed by atoms with E-state index in [0.29, 0.717) is 5.41 Å². The van der Waals surface area contributed by atoms with Crippen molar-refractivity contribution in [2.24, 2.45) is 17.3 Å². The average Bonchev–Trinajstić information content (AvgIpc) is 1.97. The van der Waals surface area contributed by atoms with Gasteiger partial charge in [-0.2, -0.15) is 0 Å². The Morgan fingerprint density at radius 2 is 1.86 bits per heavy atom. The van der Waals surface area contributed by atoms with Crippen molar-refractivity contribution in [3.8, 4) is 0 Å².